The maximum absolute atomic E-state index is 13.4. The topological polar surface area (TPSA) is 69.7 Å². The predicted octanol–water partition coefficient (Wildman–Crippen LogP) is 3.76. The summed E-state index contributed by atoms with van der Waals surface area (Å²) in [5.41, 5.74) is 1.80. The summed E-state index contributed by atoms with van der Waals surface area (Å²) in [6.45, 7) is 13.4. The third-order valence-electron chi connectivity index (χ3n) is 7.24. The van der Waals surface area contributed by atoms with Gasteiger partial charge in [0.05, 0.1) is 4.90 Å². The SMILES string of the molecule is CC1CC(C)CN(C(=O)C2Nc3ccc(S(=O)(=O)N4CC(C)CC(C)C4)cc3C2C)C1. The lowest BCUT2D eigenvalue weighted by Crippen LogP contribution is -2.49. The first kappa shape index (κ1) is 22.6. The van der Waals surface area contributed by atoms with Gasteiger partial charge in [0, 0.05) is 37.8 Å². The van der Waals surface area contributed by atoms with Gasteiger partial charge in [0.25, 0.3) is 0 Å². The minimum atomic E-state index is -3.54. The van der Waals surface area contributed by atoms with Crippen molar-refractivity contribution in [3.05, 3.63) is 23.8 Å². The number of nitrogens with zero attached hydrogens (tertiary/aromatic N) is 2. The second-order valence-corrected chi connectivity index (χ2v) is 12.6. The van der Waals surface area contributed by atoms with Gasteiger partial charge in [-0.25, -0.2) is 8.42 Å². The smallest absolute Gasteiger partial charge is 0.245 e. The van der Waals surface area contributed by atoms with Gasteiger partial charge in [0.15, 0.2) is 0 Å². The van der Waals surface area contributed by atoms with E-state index in [9.17, 15) is 13.2 Å². The Balaban J connectivity index is 1.55. The number of carbonyl (C=O) groups excluding carboxylic acids is 1. The molecular weight excluding hydrogens is 410 g/mol. The molecule has 6 atom stereocenters. The lowest BCUT2D eigenvalue weighted by Gasteiger charge is -2.37. The van der Waals surface area contributed by atoms with Crippen LogP contribution in [-0.4, -0.2) is 55.8 Å². The summed E-state index contributed by atoms with van der Waals surface area (Å²) in [6, 6.07) is 4.99. The van der Waals surface area contributed by atoms with Crippen molar-refractivity contribution in [3.8, 4) is 0 Å². The number of anilines is 1. The van der Waals surface area contributed by atoms with E-state index in [-0.39, 0.29) is 17.9 Å². The molecule has 6 nitrogen and oxygen atoms in total. The first-order valence-corrected chi connectivity index (χ1v) is 13.2. The summed E-state index contributed by atoms with van der Waals surface area (Å²) >= 11 is 0. The molecular formula is C24H37N3O3S. The number of sulfonamides is 1. The second kappa shape index (κ2) is 8.39. The Bertz CT molecular complexity index is 927. The summed E-state index contributed by atoms with van der Waals surface area (Å²) in [7, 11) is -3.54. The van der Waals surface area contributed by atoms with Crippen LogP contribution in [0.5, 0.6) is 0 Å². The molecule has 1 aromatic carbocycles. The number of likely N-dealkylation sites (tertiary alicyclic amines) is 1. The van der Waals surface area contributed by atoms with Crippen LogP contribution in [0.3, 0.4) is 0 Å². The number of rotatable bonds is 3. The lowest BCUT2D eigenvalue weighted by molar-refractivity contribution is -0.135. The zero-order valence-electron chi connectivity index (χ0n) is 19.5. The van der Waals surface area contributed by atoms with E-state index in [4.69, 9.17) is 0 Å². The van der Waals surface area contributed by atoms with Crippen molar-refractivity contribution in [2.45, 2.75) is 64.3 Å². The highest BCUT2D eigenvalue weighted by Gasteiger charge is 2.39. The third-order valence-corrected chi connectivity index (χ3v) is 9.07. The van der Waals surface area contributed by atoms with E-state index in [0.717, 1.165) is 37.2 Å². The van der Waals surface area contributed by atoms with Crippen LogP contribution >= 0.6 is 0 Å². The largest absolute Gasteiger partial charge is 0.373 e. The van der Waals surface area contributed by atoms with E-state index in [1.165, 1.54) is 0 Å². The van der Waals surface area contributed by atoms with Crippen LogP contribution in [0.1, 0.15) is 58.9 Å². The van der Waals surface area contributed by atoms with Gasteiger partial charge < -0.3 is 10.2 Å². The van der Waals surface area contributed by atoms with Gasteiger partial charge in [-0.15, -0.1) is 0 Å². The molecule has 172 valence electrons. The molecule has 1 aromatic rings. The summed E-state index contributed by atoms with van der Waals surface area (Å²) < 4.78 is 28.3. The Kier molecular flexibility index (Phi) is 6.12. The first-order chi connectivity index (χ1) is 14.6. The van der Waals surface area contributed by atoms with E-state index in [1.807, 2.05) is 17.9 Å². The number of piperidine rings is 2. The zero-order chi connectivity index (χ0) is 22.5. The maximum atomic E-state index is 13.4. The van der Waals surface area contributed by atoms with Crippen LogP contribution in [0.4, 0.5) is 5.69 Å². The molecule has 3 heterocycles. The number of hydrogen-bond acceptors (Lipinski definition) is 4. The van der Waals surface area contributed by atoms with Crippen molar-refractivity contribution in [2.24, 2.45) is 23.7 Å². The minimum absolute atomic E-state index is 0.0654. The number of amides is 1. The molecule has 1 N–H and O–H groups in total. The lowest BCUT2D eigenvalue weighted by atomic mass is 9.90. The van der Waals surface area contributed by atoms with Gasteiger partial charge in [0.2, 0.25) is 15.9 Å². The molecule has 0 aromatic heterocycles. The highest BCUT2D eigenvalue weighted by Crippen LogP contribution is 2.39. The number of benzene rings is 1. The normalized spacial score (nSPS) is 34.3. The summed E-state index contributed by atoms with van der Waals surface area (Å²) in [5.74, 6) is 1.82. The summed E-state index contributed by atoms with van der Waals surface area (Å²) in [6.07, 6.45) is 2.22. The quantitative estimate of drug-likeness (QED) is 0.766. The molecule has 3 aliphatic rings. The highest BCUT2D eigenvalue weighted by molar-refractivity contribution is 7.89. The Morgan fingerprint density at radius 1 is 0.903 bits per heavy atom. The minimum Gasteiger partial charge on any atom is -0.373 e. The molecule has 1 amide bonds. The van der Waals surface area contributed by atoms with Gasteiger partial charge in [0.1, 0.15) is 6.04 Å². The molecule has 0 spiro atoms. The number of nitrogens with one attached hydrogen (secondary N) is 1. The fourth-order valence-electron chi connectivity index (χ4n) is 5.95. The van der Waals surface area contributed by atoms with Crippen molar-refractivity contribution >= 4 is 21.6 Å². The maximum Gasteiger partial charge on any atom is 0.245 e. The third kappa shape index (κ3) is 4.36. The van der Waals surface area contributed by atoms with Crippen LogP contribution in [-0.2, 0) is 14.8 Å². The Labute approximate surface area is 187 Å². The molecule has 0 radical (unpaired) electrons. The standard InChI is InChI=1S/C24H37N3O3S/c1-15-8-16(2)12-26(11-15)24(28)23-19(5)21-10-20(6-7-22(21)25-23)31(29,30)27-13-17(3)9-18(4)14-27/h6-7,10,15-19,23,25H,8-9,11-14H2,1-5H3. The number of fused-ring (bicyclic) bond motifs is 1. The van der Waals surface area contributed by atoms with Crippen molar-refractivity contribution in [1.82, 2.24) is 9.21 Å². The molecule has 3 aliphatic heterocycles. The molecule has 6 unspecified atom stereocenters. The molecule has 31 heavy (non-hydrogen) atoms. The van der Waals surface area contributed by atoms with E-state index >= 15 is 0 Å². The van der Waals surface area contributed by atoms with Crippen LogP contribution in [0, 0.1) is 23.7 Å². The fraction of sp³-hybridized carbons (Fsp3) is 0.708. The molecule has 2 fully saturated rings. The second-order valence-electron chi connectivity index (χ2n) is 10.6. The van der Waals surface area contributed by atoms with E-state index in [0.29, 0.717) is 41.7 Å². The van der Waals surface area contributed by atoms with E-state index < -0.39 is 10.0 Å². The van der Waals surface area contributed by atoms with E-state index in [2.05, 4.69) is 33.0 Å². The number of carbonyl (C=O) groups is 1. The van der Waals surface area contributed by atoms with Crippen molar-refractivity contribution in [3.63, 3.8) is 0 Å². The molecule has 4 rings (SSSR count). The molecule has 2 saturated heterocycles. The number of hydrogen-bond donors (Lipinski definition) is 1. The Morgan fingerprint density at radius 2 is 1.45 bits per heavy atom. The fourth-order valence-corrected chi connectivity index (χ4v) is 7.66. The van der Waals surface area contributed by atoms with Crippen LogP contribution < -0.4 is 5.32 Å². The average Bonchev–Trinajstić information content (AvgIpc) is 3.02. The van der Waals surface area contributed by atoms with Crippen molar-refractivity contribution in [2.75, 3.05) is 31.5 Å². The predicted molar refractivity (Wildman–Crippen MR) is 123 cm³/mol. The van der Waals surface area contributed by atoms with Gasteiger partial charge in [-0.2, -0.15) is 4.31 Å². The van der Waals surface area contributed by atoms with Gasteiger partial charge >= 0.3 is 0 Å². The molecule has 0 bridgehead atoms. The zero-order valence-corrected chi connectivity index (χ0v) is 20.3. The van der Waals surface area contributed by atoms with E-state index in [1.54, 1.807) is 16.4 Å². The molecule has 0 saturated carbocycles. The Hall–Kier alpha value is -1.60. The van der Waals surface area contributed by atoms with Crippen LogP contribution in [0.2, 0.25) is 0 Å². The van der Waals surface area contributed by atoms with Crippen molar-refractivity contribution in [1.29, 1.82) is 0 Å². The summed E-state index contributed by atoms with van der Waals surface area (Å²) in [4.78, 5) is 15.6. The van der Waals surface area contributed by atoms with Crippen molar-refractivity contribution < 1.29 is 13.2 Å². The van der Waals surface area contributed by atoms with Crippen LogP contribution in [0.15, 0.2) is 23.1 Å². The van der Waals surface area contributed by atoms with Gasteiger partial charge in [-0.05, 0) is 60.3 Å². The molecule has 0 aliphatic carbocycles. The van der Waals surface area contributed by atoms with Gasteiger partial charge in [-0.1, -0.05) is 34.6 Å². The summed E-state index contributed by atoms with van der Waals surface area (Å²) in [5, 5.41) is 3.38. The average molecular weight is 448 g/mol. The monoisotopic (exact) mass is 447 g/mol. The van der Waals surface area contributed by atoms with Gasteiger partial charge in [-0.3, -0.25) is 4.79 Å². The van der Waals surface area contributed by atoms with Crippen LogP contribution in [0.25, 0.3) is 0 Å². The Morgan fingerprint density at radius 3 is 2.03 bits per heavy atom. The first-order valence-electron chi connectivity index (χ1n) is 11.8. The molecule has 7 heteroatoms. The highest BCUT2D eigenvalue weighted by atomic mass is 32.2.